The van der Waals surface area contributed by atoms with Gasteiger partial charge in [0.2, 0.25) is 11.8 Å². The topological polar surface area (TPSA) is 99.9 Å². The molecule has 148 valence electrons. The molecule has 0 fully saturated rings. The first-order valence-corrected chi connectivity index (χ1v) is 9.73. The second kappa shape index (κ2) is 10.2. The Morgan fingerprint density at radius 3 is 2.70 bits per heavy atom. The van der Waals surface area contributed by atoms with Crippen molar-refractivity contribution in [1.29, 1.82) is 0 Å². The number of oxazole rings is 1. The van der Waals surface area contributed by atoms with Crippen molar-refractivity contribution in [3.63, 3.8) is 0 Å². The molecule has 8 nitrogen and oxygen atoms in total. The van der Waals surface area contributed by atoms with Gasteiger partial charge < -0.3 is 23.9 Å². The summed E-state index contributed by atoms with van der Waals surface area (Å²) >= 11 is 0. The highest BCUT2D eigenvalue weighted by Gasteiger charge is 2.17. The monoisotopic (exact) mass is 396 g/mol. The third-order valence-electron chi connectivity index (χ3n) is 3.79. The number of benzene rings is 1. The van der Waals surface area contributed by atoms with Gasteiger partial charge in [0.05, 0.1) is 25.1 Å². The fourth-order valence-electron chi connectivity index (χ4n) is 2.30. The Hall–Kier alpha value is -2.23. The van der Waals surface area contributed by atoms with Crippen molar-refractivity contribution < 1.29 is 27.6 Å². The van der Waals surface area contributed by atoms with Gasteiger partial charge >= 0.3 is 0 Å². The zero-order valence-corrected chi connectivity index (χ0v) is 16.6. The molecule has 0 radical (unpaired) electrons. The lowest BCUT2D eigenvalue weighted by atomic mass is 10.2. The lowest BCUT2D eigenvalue weighted by molar-refractivity contribution is -0.125. The van der Waals surface area contributed by atoms with Gasteiger partial charge in [-0.25, -0.2) is 4.98 Å². The van der Waals surface area contributed by atoms with Crippen LogP contribution in [0.3, 0.4) is 0 Å². The van der Waals surface area contributed by atoms with Crippen LogP contribution in [0.2, 0.25) is 0 Å². The molecule has 0 aliphatic heterocycles. The van der Waals surface area contributed by atoms with Crippen LogP contribution in [0.15, 0.2) is 28.7 Å². The highest BCUT2D eigenvalue weighted by Crippen LogP contribution is 2.25. The van der Waals surface area contributed by atoms with Gasteiger partial charge in [-0.05, 0) is 25.1 Å². The first-order chi connectivity index (χ1) is 13.0. The van der Waals surface area contributed by atoms with E-state index in [0.717, 1.165) is 5.56 Å². The number of carbonyl (C=O) groups is 1. The summed E-state index contributed by atoms with van der Waals surface area (Å²) in [7, 11) is 3.12. The summed E-state index contributed by atoms with van der Waals surface area (Å²) in [6.07, 6.45) is -0.536. The van der Waals surface area contributed by atoms with Crippen molar-refractivity contribution in [2.24, 2.45) is 0 Å². The normalized spacial score (nSPS) is 12.2. The van der Waals surface area contributed by atoms with E-state index in [2.05, 4.69) is 10.3 Å². The zero-order chi connectivity index (χ0) is 19.8. The molecule has 0 aliphatic carbocycles. The van der Waals surface area contributed by atoms with Crippen molar-refractivity contribution in [1.82, 2.24) is 10.3 Å². The Morgan fingerprint density at radius 2 is 2.04 bits per heavy atom. The molecular formula is C18H24N2O6S. The van der Waals surface area contributed by atoms with E-state index in [9.17, 15) is 9.00 Å². The average Bonchev–Trinajstić information content (AvgIpc) is 3.03. The summed E-state index contributed by atoms with van der Waals surface area (Å²) in [5.41, 5.74) is 1.32. The average molecular weight is 396 g/mol. The molecule has 1 amide bonds. The van der Waals surface area contributed by atoms with Gasteiger partial charge in [0, 0.05) is 30.6 Å². The van der Waals surface area contributed by atoms with Crippen LogP contribution in [0.25, 0.3) is 11.5 Å². The molecule has 2 rings (SSSR count). The second-order valence-corrected chi connectivity index (χ2v) is 7.14. The van der Waals surface area contributed by atoms with Gasteiger partial charge in [0.15, 0.2) is 6.29 Å². The number of hydrogen-bond acceptors (Lipinski definition) is 7. The number of methoxy groups -OCH3 is 3. The van der Waals surface area contributed by atoms with Gasteiger partial charge in [-0.1, -0.05) is 6.07 Å². The van der Waals surface area contributed by atoms with E-state index in [0.29, 0.717) is 23.1 Å². The van der Waals surface area contributed by atoms with E-state index in [1.54, 1.807) is 14.0 Å². The number of nitrogens with zero attached hydrogens (tertiary/aromatic N) is 1. The summed E-state index contributed by atoms with van der Waals surface area (Å²) in [4.78, 5) is 16.3. The molecule has 1 atom stereocenters. The van der Waals surface area contributed by atoms with E-state index < -0.39 is 17.1 Å². The summed E-state index contributed by atoms with van der Waals surface area (Å²) in [5.74, 6) is 1.33. The molecule has 0 bridgehead atoms. The first-order valence-electron chi connectivity index (χ1n) is 8.24. The summed E-state index contributed by atoms with van der Waals surface area (Å²) in [5, 5.41) is 2.62. The molecule has 0 saturated carbocycles. The minimum atomic E-state index is -1.42. The van der Waals surface area contributed by atoms with E-state index >= 15 is 0 Å². The van der Waals surface area contributed by atoms with Crippen molar-refractivity contribution in [3.05, 3.63) is 35.7 Å². The quantitative estimate of drug-likeness (QED) is 0.610. The molecule has 0 aliphatic rings. The number of amides is 1. The van der Waals surface area contributed by atoms with Crippen LogP contribution in [-0.4, -0.2) is 55.0 Å². The highest BCUT2D eigenvalue weighted by atomic mass is 32.2. The van der Waals surface area contributed by atoms with Crippen LogP contribution in [0.5, 0.6) is 5.75 Å². The molecule has 27 heavy (non-hydrogen) atoms. The van der Waals surface area contributed by atoms with E-state index in [1.165, 1.54) is 14.2 Å². The molecule has 0 saturated heterocycles. The van der Waals surface area contributed by atoms with Crippen molar-refractivity contribution in [2.45, 2.75) is 19.0 Å². The molecule has 1 heterocycles. The first kappa shape index (κ1) is 21.1. The number of carbonyl (C=O) groups excluding carboxylic acids is 1. The molecular weight excluding hydrogens is 372 g/mol. The maximum Gasteiger partial charge on any atom is 0.232 e. The number of nitrogens with one attached hydrogen (secondary N) is 1. The third-order valence-corrected chi connectivity index (χ3v) is 4.97. The standard InChI is InChI=1S/C18H24N2O6S/c1-12-15(10-27(22)11-16(21)19-9-17(24-3)25-4)20-18(26-12)13-6-5-7-14(8-13)23-2/h5-8,17H,9-11H2,1-4H3,(H,19,21)/t27-/m1/s1. The van der Waals surface area contributed by atoms with Gasteiger partial charge in [-0.2, -0.15) is 0 Å². The summed E-state index contributed by atoms with van der Waals surface area (Å²) in [6.45, 7) is 1.94. The van der Waals surface area contributed by atoms with E-state index in [-0.39, 0.29) is 24.0 Å². The lowest BCUT2D eigenvalue weighted by Crippen LogP contribution is -2.36. The van der Waals surface area contributed by atoms with Crippen molar-refractivity contribution >= 4 is 16.7 Å². The Kier molecular flexibility index (Phi) is 7.96. The molecule has 1 aromatic heterocycles. The zero-order valence-electron chi connectivity index (χ0n) is 15.8. The van der Waals surface area contributed by atoms with Gasteiger partial charge in [-0.15, -0.1) is 0 Å². The Morgan fingerprint density at radius 1 is 1.30 bits per heavy atom. The minimum Gasteiger partial charge on any atom is -0.497 e. The third kappa shape index (κ3) is 6.16. The van der Waals surface area contributed by atoms with Gasteiger partial charge in [0.1, 0.15) is 17.3 Å². The van der Waals surface area contributed by atoms with Gasteiger partial charge in [0.25, 0.3) is 0 Å². The number of hydrogen-bond donors (Lipinski definition) is 1. The van der Waals surface area contributed by atoms with Crippen LogP contribution >= 0.6 is 0 Å². The van der Waals surface area contributed by atoms with Crippen LogP contribution in [0, 0.1) is 6.92 Å². The molecule has 0 unspecified atom stereocenters. The highest BCUT2D eigenvalue weighted by molar-refractivity contribution is 7.84. The molecule has 1 N–H and O–H groups in total. The van der Waals surface area contributed by atoms with Crippen molar-refractivity contribution in [2.75, 3.05) is 33.6 Å². The second-order valence-electron chi connectivity index (χ2n) is 5.69. The number of aryl methyl sites for hydroxylation is 1. The van der Waals surface area contributed by atoms with Crippen LogP contribution in [0.1, 0.15) is 11.5 Å². The van der Waals surface area contributed by atoms with Gasteiger partial charge in [-0.3, -0.25) is 9.00 Å². The van der Waals surface area contributed by atoms with E-state index in [1.807, 2.05) is 24.3 Å². The Balaban J connectivity index is 1.96. The predicted octanol–water partition coefficient (Wildman–Crippen LogP) is 1.64. The van der Waals surface area contributed by atoms with Crippen molar-refractivity contribution in [3.8, 4) is 17.2 Å². The summed E-state index contributed by atoms with van der Waals surface area (Å²) in [6, 6.07) is 7.32. The van der Waals surface area contributed by atoms with Crippen LogP contribution < -0.4 is 10.1 Å². The Bertz CT molecular complexity index is 788. The number of aromatic nitrogens is 1. The largest absolute Gasteiger partial charge is 0.497 e. The maximum absolute atomic E-state index is 12.3. The SMILES string of the molecule is COc1cccc(-c2nc(C[S@@](=O)CC(=O)NCC(OC)OC)c(C)o2)c1. The van der Waals surface area contributed by atoms with Crippen LogP contribution in [-0.2, 0) is 30.8 Å². The molecule has 9 heteroatoms. The number of rotatable bonds is 10. The molecule has 0 spiro atoms. The number of ether oxygens (including phenoxy) is 3. The van der Waals surface area contributed by atoms with E-state index in [4.69, 9.17) is 18.6 Å². The minimum absolute atomic E-state index is 0.130. The van der Waals surface area contributed by atoms with Crippen LogP contribution in [0.4, 0.5) is 0 Å². The Labute approximate surface area is 160 Å². The summed E-state index contributed by atoms with van der Waals surface area (Å²) < 4.78 is 33.1. The maximum atomic E-state index is 12.3. The predicted molar refractivity (Wildman–Crippen MR) is 101 cm³/mol. The smallest absolute Gasteiger partial charge is 0.232 e. The fraction of sp³-hybridized carbons (Fsp3) is 0.444. The molecule has 1 aromatic carbocycles. The lowest BCUT2D eigenvalue weighted by Gasteiger charge is -2.13. The fourth-order valence-corrected chi connectivity index (χ4v) is 3.37. The molecule has 2 aromatic rings.